The molecule has 1 aromatic heterocycles. The Balaban J connectivity index is 1.57. The van der Waals surface area contributed by atoms with Crippen molar-refractivity contribution in [1.82, 2.24) is 9.29 Å². The molecule has 1 saturated carbocycles. The molecule has 1 saturated heterocycles. The molecule has 2 heterocycles. The van der Waals surface area contributed by atoms with Crippen LogP contribution in [0.15, 0.2) is 78.2 Å². The number of aromatic nitrogens is 1. The number of carbonyl (C=O) groups excluding carboxylic acids is 1. The first-order valence-corrected chi connectivity index (χ1v) is 16.0. The lowest BCUT2D eigenvalue weighted by Crippen LogP contribution is -2.51. The number of alkyl halides is 3. The van der Waals surface area contributed by atoms with E-state index in [1.807, 2.05) is 11.0 Å². The summed E-state index contributed by atoms with van der Waals surface area (Å²) in [6.07, 6.45) is 1.39. The quantitative estimate of drug-likeness (QED) is 0.251. The number of ether oxygens (including phenoxy) is 1. The molecule has 7 nitrogen and oxygen atoms in total. The van der Waals surface area contributed by atoms with Crippen molar-refractivity contribution in [3.63, 3.8) is 0 Å². The van der Waals surface area contributed by atoms with Gasteiger partial charge in [-0.15, -0.1) is 0 Å². The number of pyridine rings is 1. The molecule has 0 unspecified atom stereocenters. The Labute approximate surface area is 255 Å². The molecule has 44 heavy (non-hydrogen) atoms. The molecule has 0 spiro atoms. The molecule has 0 radical (unpaired) electrons. The summed E-state index contributed by atoms with van der Waals surface area (Å²) in [4.78, 5) is 20.3. The van der Waals surface area contributed by atoms with Gasteiger partial charge >= 0.3 is 6.18 Å². The van der Waals surface area contributed by atoms with Gasteiger partial charge in [-0.1, -0.05) is 18.2 Å². The summed E-state index contributed by atoms with van der Waals surface area (Å²) in [7, 11) is -0.421. The topological polar surface area (TPSA) is 79.8 Å². The van der Waals surface area contributed by atoms with Crippen molar-refractivity contribution in [3.8, 4) is 0 Å². The van der Waals surface area contributed by atoms with E-state index < -0.39 is 50.1 Å². The summed E-state index contributed by atoms with van der Waals surface area (Å²) in [6, 6.07) is 6.92. The summed E-state index contributed by atoms with van der Waals surface area (Å²) >= 11 is 0. The highest BCUT2D eigenvalue weighted by Crippen LogP contribution is 2.53. The zero-order chi connectivity index (χ0) is 31.9. The van der Waals surface area contributed by atoms with Crippen molar-refractivity contribution in [2.45, 2.75) is 56.0 Å². The fourth-order valence-corrected chi connectivity index (χ4v) is 8.44. The van der Waals surface area contributed by atoms with E-state index in [0.717, 1.165) is 18.3 Å². The number of fused-ring (bicyclic) bond motifs is 1. The van der Waals surface area contributed by atoms with E-state index in [9.17, 15) is 30.8 Å². The average Bonchev–Trinajstić information content (AvgIpc) is 3.03. The minimum Gasteiger partial charge on any atom is -0.381 e. The van der Waals surface area contributed by atoms with Gasteiger partial charge in [-0.05, 0) is 86.6 Å². The predicted molar refractivity (Wildman–Crippen MR) is 159 cm³/mol. The zero-order valence-electron chi connectivity index (χ0n) is 24.6. The SMILES string of the molecule is C=CC1=C(N(C)c2ccc(F)cc2)C=C2CC[C@H](N(C)S(=O)(=O)C3CCOCC3)C[C@@]2(C(=O)c2cc(C(F)(F)F)ccn2)C1. The Morgan fingerprint density at radius 3 is 2.43 bits per heavy atom. The van der Waals surface area contributed by atoms with E-state index in [-0.39, 0.29) is 18.5 Å². The van der Waals surface area contributed by atoms with Crippen LogP contribution in [-0.2, 0) is 20.9 Å². The van der Waals surface area contributed by atoms with Crippen molar-refractivity contribution < 1.29 is 35.5 Å². The van der Waals surface area contributed by atoms with Gasteiger partial charge < -0.3 is 9.64 Å². The summed E-state index contributed by atoms with van der Waals surface area (Å²) in [5.41, 5.74) is 0.0592. The van der Waals surface area contributed by atoms with Crippen LogP contribution >= 0.6 is 0 Å². The predicted octanol–water partition coefficient (Wildman–Crippen LogP) is 6.31. The number of benzene rings is 1. The lowest BCUT2D eigenvalue weighted by Gasteiger charge is -2.47. The Hall–Kier alpha value is -3.35. The molecule has 2 atom stereocenters. The number of nitrogens with zero attached hydrogens (tertiary/aromatic N) is 3. The molecule has 2 aromatic rings. The van der Waals surface area contributed by atoms with Crippen LogP contribution in [0.5, 0.6) is 0 Å². The molecular formula is C32H35F4N3O4S. The maximum absolute atomic E-state index is 14.4. The summed E-state index contributed by atoms with van der Waals surface area (Å²) in [5, 5.41) is -0.610. The maximum atomic E-state index is 14.4. The fourth-order valence-electron chi connectivity index (χ4n) is 6.58. The molecule has 1 aliphatic heterocycles. The molecule has 2 aliphatic carbocycles. The third kappa shape index (κ3) is 5.99. The molecular weight excluding hydrogens is 598 g/mol. The standard InChI is InChI=1S/C32H35F4N3O4S/c1-4-21-19-31(30(40)28-17-23(11-14-37-28)32(34,35)36)20-26(39(3)44(41,42)27-12-15-43-16-13-27)8-5-22(31)18-29(21)38(2)25-9-6-24(33)7-10-25/h4,6-7,9-11,14,17-18,26-27H,1,5,8,12-13,15-16,19-20H2,2-3H3/t26-,31-/m0/s1. The molecule has 3 aliphatic rings. The van der Waals surface area contributed by atoms with Crippen molar-refractivity contribution in [2.24, 2.45) is 5.41 Å². The molecule has 236 valence electrons. The zero-order valence-corrected chi connectivity index (χ0v) is 25.4. The summed E-state index contributed by atoms with van der Waals surface area (Å²) in [6.45, 7) is 4.65. The van der Waals surface area contributed by atoms with Gasteiger partial charge in [-0.2, -0.15) is 13.2 Å². The highest BCUT2D eigenvalue weighted by Gasteiger charge is 2.51. The Morgan fingerprint density at radius 1 is 1.11 bits per heavy atom. The molecule has 0 N–H and O–H groups in total. The molecule has 5 rings (SSSR count). The Morgan fingerprint density at radius 2 is 1.80 bits per heavy atom. The van der Waals surface area contributed by atoms with Gasteiger partial charge in [-0.3, -0.25) is 9.78 Å². The first-order valence-electron chi connectivity index (χ1n) is 14.5. The van der Waals surface area contributed by atoms with Crippen LogP contribution in [0.2, 0.25) is 0 Å². The van der Waals surface area contributed by atoms with Gasteiger partial charge in [0.2, 0.25) is 10.0 Å². The van der Waals surface area contributed by atoms with Crippen LogP contribution in [0.1, 0.15) is 54.6 Å². The number of ketones is 1. The molecule has 12 heteroatoms. The number of likely N-dealkylation sites (N-methyl/N-ethyl adjacent to an activating group) is 1. The van der Waals surface area contributed by atoms with E-state index in [1.54, 1.807) is 25.3 Å². The summed E-state index contributed by atoms with van der Waals surface area (Å²) < 4.78 is 88.6. The number of hydrogen-bond donors (Lipinski definition) is 0. The van der Waals surface area contributed by atoms with Crippen molar-refractivity contribution in [1.29, 1.82) is 0 Å². The average molecular weight is 634 g/mol. The lowest BCUT2D eigenvalue weighted by atomic mass is 9.60. The first kappa shape index (κ1) is 32.1. The molecule has 2 fully saturated rings. The molecule has 0 bridgehead atoms. The maximum Gasteiger partial charge on any atom is 0.416 e. The largest absolute Gasteiger partial charge is 0.416 e. The third-order valence-corrected chi connectivity index (χ3v) is 11.6. The van der Waals surface area contributed by atoms with Crippen molar-refractivity contribution in [2.75, 3.05) is 32.2 Å². The number of anilines is 1. The minimum atomic E-state index is -4.68. The normalized spacial score (nSPS) is 23.2. The monoisotopic (exact) mass is 633 g/mol. The first-order chi connectivity index (χ1) is 20.8. The highest BCUT2D eigenvalue weighted by molar-refractivity contribution is 7.89. The third-order valence-electron chi connectivity index (χ3n) is 9.16. The minimum absolute atomic E-state index is 0.0689. The van der Waals surface area contributed by atoms with Crippen LogP contribution in [0.25, 0.3) is 0 Å². The smallest absolute Gasteiger partial charge is 0.381 e. The number of carbonyl (C=O) groups is 1. The van der Waals surface area contributed by atoms with Crippen molar-refractivity contribution in [3.05, 3.63) is 95.2 Å². The van der Waals surface area contributed by atoms with Gasteiger partial charge in [0.05, 0.1) is 16.2 Å². The summed E-state index contributed by atoms with van der Waals surface area (Å²) in [5.74, 6) is -0.988. The Bertz CT molecular complexity index is 1600. The van der Waals surface area contributed by atoms with Gasteiger partial charge in [0.25, 0.3) is 0 Å². The van der Waals surface area contributed by atoms with Gasteiger partial charge in [0, 0.05) is 50.9 Å². The van der Waals surface area contributed by atoms with E-state index in [1.165, 1.54) is 23.5 Å². The fraction of sp³-hybridized carbons (Fsp3) is 0.438. The van der Waals surface area contributed by atoms with Gasteiger partial charge in [0.15, 0.2) is 5.78 Å². The van der Waals surface area contributed by atoms with Crippen LogP contribution in [-0.4, -0.2) is 62.1 Å². The van der Waals surface area contributed by atoms with Crippen molar-refractivity contribution >= 4 is 21.5 Å². The molecule has 0 amide bonds. The number of Topliss-reactive ketones (excluding diaryl/α,β-unsaturated/α-hetero) is 1. The number of hydrogen-bond acceptors (Lipinski definition) is 6. The highest BCUT2D eigenvalue weighted by atomic mass is 32.2. The van der Waals surface area contributed by atoms with Gasteiger partial charge in [-0.25, -0.2) is 17.1 Å². The van der Waals surface area contributed by atoms with Gasteiger partial charge in [0.1, 0.15) is 11.5 Å². The van der Waals surface area contributed by atoms with E-state index in [2.05, 4.69) is 11.6 Å². The number of halogens is 4. The Kier molecular flexibility index (Phi) is 8.90. The second kappa shape index (κ2) is 12.2. The number of allylic oxidation sites excluding steroid dienone is 4. The second-order valence-corrected chi connectivity index (χ2v) is 13.9. The van der Waals surface area contributed by atoms with Crippen LogP contribution in [0.3, 0.4) is 0 Å². The van der Waals surface area contributed by atoms with E-state index >= 15 is 0 Å². The van der Waals surface area contributed by atoms with Crippen LogP contribution in [0.4, 0.5) is 23.2 Å². The van der Waals surface area contributed by atoms with Crippen LogP contribution < -0.4 is 4.90 Å². The van der Waals surface area contributed by atoms with Crippen LogP contribution in [0, 0.1) is 11.2 Å². The lowest BCUT2D eigenvalue weighted by molar-refractivity contribution is -0.137. The number of rotatable bonds is 8. The second-order valence-electron chi connectivity index (χ2n) is 11.6. The number of sulfonamides is 1. The van der Waals surface area contributed by atoms with E-state index in [4.69, 9.17) is 4.74 Å². The van der Waals surface area contributed by atoms with E-state index in [0.29, 0.717) is 61.4 Å². The molecule has 1 aromatic carbocycles.